The average Bonchev–Trinajstić information content (AvgIpc) is 2.47. The molecule has 0 radical (unpaired) electrons. The van der Waals surface area contributed by atoms with Crippen LogP contribution < -0.4 is 5.32 Å². The first-order chi connectivity index (χ1) is 6.09. The summed E-state index contributed by atoms with van der Waals surface area (Å²) in [6.45, 7) is 5.00. The van der Waals surface area contributed by atoms with Gasteiger partial charge in [0.15, 0.2) is 0 Å². The van der Waals surface area contributed by atoms with Crippen molar-refractivity contribution in [2.75, 3.05) is 6.54 Å². The van der Waals surface area contributed by atoms with Crippen LogP contribution in [0.15, 0.2) is 0 Å². The maximum Gasteiger partial charge on any atom is 0.233 e. The molecule has 2 nitrogen and oxygen atoms in total. The molecule has 0 aromatic rings. The fraction of sp³-hybridized carbons (Fsp3) is 0.900. The molecule has 0 aromatic carbocycles. The predicted molar refractivity (Wildman–Crippen MR) is 57.9 cm³/mol. The van der Waals surface area contributed by atoms with Crippen molar-refractivity contribution in [3.63, 3.8) is 0 Å². The smallest absolute Gasteiger partial charge is 0.233 e. The van der Waals surface area contributed by atoms with E-state index in [9.17, 15) is 4.79 Å². The minimum absolute atomic E-state index is 0.0636. The Kier molecular flexibility index (Phi) is 4.23. The monoisotopic (exact) mass is 247 g/mol. The molecule has 76 valence electrons. The summed E-state index contributed by atoms with van der Waals surface area (Å²) in [6, 6.07) is 0. The molecule has 0 bridgehead atoms. The van der Waals surface area contributed by atoms with E-state index < -0.39 is 0 Å². The van der Waals surface area contributed by atoms with Crippen molar-refractivity contribution in [1.29, 1.82) is 0 Å². The summed E-state index contributed by atoms with van der Waals surface area (Å²) in [5.41, 5.74) is 0. The molecule has 0 saturated heterocycles. The van der Waals surface area contributed by atoms with Crippen LogP contribution in [-0.2, 0) is 4.79 Å². The summed E-state index contributed by atoms with van der Waals surface area (Å²) in [7, 11) is 0. The maximum atomic E-state index is 11.2. The van der Waals surface area contributed by atoms with Gasteiger partial charge < -0.3 is 5.32 Å². The van der Waals surface area contributed by atoms with E-state index >= 15 is 0 Å². The van der Waals surface area contributed by atoms with Gasteiger partial charge in [0.05, 0.1) is 4.83 Å². The highest BCUT2D eigenvalue weighted by atomic mass is 79.9. The average molecular weight is 248 g/mol. The summed E-state index contributed by atoms with van der Waals surface area (Å²) in [6.07, 6.45) is 3.87. The number of halogens is 1. The van der Waals surface area contributed by atoms with Gasteiger partial charge in [-0.1, -0.05) is 29.3 Å². The second-order valence-corrected chi connectivity index (χ2v) is 5.52. The van der Waals surface area contributed by atoms with E-state index in [1.807, 2.05) is 6.92 Å². The lowest BCUT2D eigenvalue weighted by atomic mass is 10.1. The summed E-state index contributed by atoms with van der Waals surface area (Å²) in [5.74, 6) is 1.67. The van der Waals surface area contributed by atoms with Crippen LogP contribution in [0.5, 0.6) is 0 Å². The Morgan fingerprint density at radius 3 is 2.77 bits per heavy atom. The molecule has 13 heavy (non-hydrogen) atoms. The zero-order chi connectivity index (χ0) is 9.84. The van der Waals surface area contributed by atoms with Gasteiger partial charge in [-0.15, -0.1) is 0 Å². The van der Waals surface area contributed by atoms with Crippen molar-refractivity contribution in [2.24, 2.45) is 11.8 Å². The Balaban J connectivity index is 2.16. The lowest BCUT2D eigenvalue weighted by molar-refractivity contribution is -0.120. The van der Waals surface area contributed by atoms with Crippen LogP contribution in [0.2, 0.25) is 0 Å². The molecule has 1 saturated carbocycles. The van der Waals surface area contributed by atoms with Gasteiger partial charge >= 0.3 is 0 Å². The van der Waals surface area contributed by atoms with Gasteiger partial charge in [0.1, 0.15) is 0 Å². The summed E-state index contributed by atoms with van der Waals surface area (Å²) >= 11 is 3.25. The molecule has 1 aliphatic carbocycles. The van der Waals surface area contributed by atoms with E-state index in [-0.39, 0.29) is 10.7 Å². The van der Waals surface area contributed by atoms with E-state index in [0.717, 1.165) is 12.5 Å². The highest BCUT2D eigenvalue weighted by Gasteiger charge is 2.21. The van der Waals surface area contributed by atoms with Gasteiger partial charge in [-0.2, -0.15) is 0 Å². The highest BCUT2D eigenvalue weighted by molar-refractivity contribution is 9.10. The third kappa shape index (κ3) is 3.67. The number of hydrogen-bond donors (Lipinski definition) is 1. The van der Waals surface area contributed by atoms with Gasteiger partial charge in [0.2, 0.25) is 5.91 Å². The molecule has 1 N–H and O–H groups in total. The van der Waals surface area contributed by atoms with Crippen LogP contribution in [0.1, 0.15) is 33.1 Å². The number of amides is 1. The molecule has 0 aliphatic heterocycles. The van der Waals surface area contributed by atoms with E-state index in [0.29, 0.717) is 5.92 Å². The molecular formula is C10H18BrNO. The zero-order valence-electron chi connectivity index (χ0n) is 8.35. The van der Waals surface area contributed by atoms with Crippen LogP contribution in [0.3, 0.4) is 0 Å². The molecule has 3 atom stereocenters. The minimum Gasteiger partial charge on any atom is -0.355 e. The van der Waals surface area contributed by atoms with E-state index in [4.69, 9.17) is 0 Å². The maximum absolute atomic E-state index is 11.2. The fourth-order valence-electron chi connectivity index (χ4n) is 1.90. The van der Waals surface area contributed by atoms with Gasteiger partial charge in [0.25, 0.3) is 0 Å². The largest absolute Gasteiger partial charge is 0.355 e. The summed E-state index contributed by atoms with van der Waals surface area (Å²) in [4.78, 5) is 11.2. The van der Waals surface area contributed by atoms with Crippen molar-refractivity contribution >= 4 is 21.8 Å². The first-order valence-electron chi connectivity index (χ1n) is 5.01. The molecular weight excluding hydrogens is 230 g/mol. The summed E-state index contributed by atoms with van der Waals surface area (Å²) < 4.78 is 0. The van der Waals surface area contributed by atoms with Gasteiger partial charge in [-0.25, -0.2) is 0 Å². The standard InChI is InChI=1S/C10H18BrNO/c1-7-3-4-9(5-7)6-12-10(13)8(2)11/h7-9H,3-6H2,1-2H3,(H,12,13). The van der Waals surface area contributed by atoms with Crippen molar-refractivity contribution in [3.8, 4) is 0 Å². The normalized spacial score (nSPS) is 30.1. The van der Waals surface area contributed by atoms with Crippen molar-refractivity contribution in [2.45, 2.75) is 37.9 Å². The van der Waals surface area contributed by atoms with E-state index in [1.165, 1.54) is 19.3 Å². The number of nitrogens with one attached hydrogen (secondary N) is 1. The summed E-state index contributed by atoms with van der Waals surface area (Å²) in [5, 5.41) is 2.96. The number of carbonyl (C=O) groups is 1. The minimum atomic E-state index is -0.0636. The molecule has 1 aliphatic rings. The van der Waals surface area contributed by atoms with E-state index in [1.54, 1.807) is 0 Å². The molecule has 1 fully saturated rings. The molecule has 1 amide bonds. The van der Waals surface area contributed by atoms with Crippen LogP contribution in [0.25, 0.3) is 0 Å². The third-order valence-corrected chi connectivity index (χ3v) is 3.15. The molecule has 3 heteroatoms. The Hall–Kier alpha value is -0.0500. The SMILES string of the molecule is CC1CCC(CNC(=O)C(C)Br)C1. The van der Waals surface area contributed by atoms with Gasteiger partial charge in [-0.3, -0.25) is 4.79 Å². The van der Waals surface area contributed by atoms with Crippen LogP contribution >= 0.6 is 15.9 Å². The van der Waals surface area contributed by atoms with Crippen LogP contribution in [-0.4, -0.2) is 17.3 Å². The second kappa shape index (κ2) is 4.99. The lowest BCUT2D eigenvalue weighted by Gasteiger charge is -2.11. The van der Waals surface area contributed by atoms with Crippen LogP contribution in [0.4, 0.5) is 0 Å². The van der Waals surface area contributed by atoms with Gasteiger partial charge in [-0.05, 0) is 31.6 Å². The molecule has 0 heterocycles. The van der Waals surface area contributed by atoms with Crippen molar-refractivity contribution in [1.82, 2.24) is 5.32 Å². The zero-order valence-corrected chi connectivity index (χ0v) is 9.93. The molecule has 0 aromatic heterocycles. The van der Waals surface area contributed by atoms with Crippen LogP contribution in [0, 0.1) is 11.8 Å². The number of hydrogen-bond acceptors (Lipinski definition) is 1. The first-order valence-corrected chi connectivity index (χ1v) is 5.93. The first kappa shape index (κ1) is 11.0. The Bertz CT molecular complexity index is 182. The van der Waals surface area contributed by atoms with Crippen molar-refractivity contribution < 1.29 is 4.79 Å². The quantitative estimate of drug-likeness (QED) is 0.763. The highest BCUT2D eigenvalue weighted by Crippen LogP contribution is 2.29. The number of rotatable bonds is 3. The van der Waals surface area contributed by atoms with E-state index in [2.05, 4.69) is 28.2 Å². The molecule has 1 rings (SSSR count). The third-order valence-electron chi connectivity index (χ3n) is 2.73. The Morgan fingerprint density at radius 1 is 1.62 bits per heavy atom. The van der Waals surface area contributed by atoms with Gasteiger partial charge in [0, 0.05) is 6.54 Å². The Labute approximate surface area is 88.6 Å². The lowest BCUT2D eigenvalue weighted by Crippen LogP contribution is -2.33. The predicted octanol–water partition coefficient (Wildman–Crippen LogP) is 2.32. The number of carbonyl (C=O) groups excluding carboxylic acids is 1. The molecule has 3 unspecified atom stereocenters. The second-order valence-electron chi connectivity index (χ2n) is 4.15. The number of alkyl halides is 1. The fourth-order valence-corrected chi connectivity index (χ4v) is 2.06. The topological polar surface area (TPSA) is 29.1 Å². The Morgan fingerprint density at radius 2 is 2.31 bits per heavy atom. The van der Waals surface area contributed by atoms with Crippen molar-refractivity contribution in [3.05, 3.63) is 0 Å². The molecule has 0 spiro atoms.